The molecule has 4 rings (SSSR count). The van der Waals surface area contributed by atoms with E-state index in [1.807, 2.05) is 42.5 Å². The number of rotatable bonds is 6. The lowest BCUT2D eigenvalue weighted by atomic mass is 10.0. The molecule has 0 heterocycles. The van der Waals surface area contributed by atoms with Crippen LogP contribution in [0.5, 0.6) is 5.75 Å². The minimum absolute atomic E-state index is 0.0414. The molecule has 0 aromatic heterocycles. The summed E-state index contributed by atoms with van der Waals surface area (Å²) in [6.07, 6.45) is 1.75. The molecule has 0 radical (unpaired) electrons. The Hall–Kier alpha value is -2.92. The van der Waals surface area contributed by atoms with Gasteiger partial charge in [0.05, 0.1) is 11.5 Å². The Morgan fingerprint density at radius 1 is 0.793 bits per heavy atom. The van der Waals surface area contributed by atoms with Crippen molar-refractivity contribution in [2.45, 2.75) is 29.6 Å². The highest BCUT2D eigenvalue weighted by Gasteiger charge is 2.28. The Morgan fingerprint density at radius 3 is 1.97 bits per heavy atom. The van der Waals surface area contributed by atoms with E-state index in [-0.39, 0.29) is 9.79 Å². The molecular weight excluding hydrogens is 387 g/mol. The van der Waals surface area contributed by atoms with E-state index in [1.165, 1.54) is 12.1 Å². The smallest absolute Gasteiger partial charge is 0.210 e. The maximum atomic E-state index is 13.7. The number of unbranched alkanes of at least 4 members (excludes halogenated alkanes) is 1. The summed E-state index contributed by atoms with van der Waals surface area (Å²) in [7, 11) is -3.93. The fraction of sp³-hybridized carbons (Fsp3) is 0.167. The Balaban J connectivity index is 2.09. The lowest BCUT2D eigenvalue weighted by Gasteiger charge is -2.18. The average Bonchev–Trinajstić information content (AvgIpc) is 2.74. The van der Waals surface area contributed by atoms with Crippen molar-refractivity contribution in [3.8, 4) is 5.75 Å². The Labute approximate surface area is 169 Å². The molecule has 3 nitrogen and oxygen atoms in total. The molecule has 0 aliphatic rings. The van der Waals surface area contributed by atoms with E-state index in [0.717, 1.165) is 41.1 Å². The number of fused-ring (bicyclic) bond motifs is 3. The molecule has 4 aromatic rings. The predicted molar refractivity (Wildman–Crippen MR) is 114 cm³/mol. The topological polar surface area (TPSA) is 43.4 Å². The Bertz CT molecular complexity index is 1280. The lowest BCUT2D eigenvalue weighted by Crippen LogP contribution is -2.08. The summed E-state index contributed by atoms with van der Waals surface area (Å²) < 4.78 is 46.8. The average molecular weight is 408 g/mol. The quantitative estimate of drug-likeness (QED) is 0.218. The van der Waals surface area contributed by atoms with Gasteiger partial charge in [-0.3, -0.25) is 0 Å². The molecule has 0 aliphatic heterocycles. The highest BCUT2D eigenvalue weighted by molar-refractivity contribution is 7.91. The Morgan fingerprint density at radius 2 is 1.34 bits per heavy atom. The second kappa shape index (κ2) is 7.84. The summed E-state index contributed by atoms with van der Waals surface area (Å²) in [5.74, 6) is -0.121. The number of hydrogen-bond donors (Lipinski definition) is 0. The predicted octanol–water partition coefficient (Wildman–Crippen LogP) is 6.14. The summed E-state index contributed by atoms with van der Waals surface area (Å²) in [5, 5.41) is 3.13. The molecule has 0 bridgehead atoms. The minimum Gasteiger partial charge on any atom is -0.492 e. The number of ether oxygens (including phenoxy) is 1. The van der Waals surface area contributed by atoms with Crippen LogP contribution in [0.15, 0.2) is 82.6 Å². The highest BCUT2D eigenvalue weighted by Crippen LogP contribution is 2.43. The summed E-state index contributed by atoms with van der Waals surface area (Å²) in [6, 6.07) is 20.0. The van der Waals surface area contributed by atoms with Crippen molar-refractivity contribution < 1.29 is 17.5 Å². The lowest BCUT2D eigenvalue weighted by molar-refractivity contribution is 0.306. The number of hydrogen-bond acceptors (Lipinski definition) is 3. The molecule has 0 atom stereocenters. The van der Waals surface area contributed by atoms with Crippen molar-refractivity contribution in [1.82, 2.24) is 0 Å². The van der Waals surface area contributed by atoms with Crippen LogP contribution in [0.4, 0.5) is 4.39 Å². The Kier molecular flexibility index (Phi) is 5.24. The molecule has 0 saturated heterocycles. The highest BCUT2D eigenvalue weighted by atomic mass is 32.2. The molecule has 5 heteroatoms. The third kappa shape index (κ3) is 3.47. The van der Waals surface area contributed by atoms with Crippen molar-refractivity contribution in [2.75, 3.05) is 6.61 Å². The van der Waals surface area contributed by atoms with Crippen molar-refractivity contribution in [3.63, 3.8) is 0 Å². The van der Waals surface area contributed by atoms with Crippen LogP contribution >= 0.6 is 0 Å². The normalized spacial score (nSPS) is 11.8. The van der Waals surface area contributed by atoms with Crippen LogP contribution in [0.3, 0.4) is 0 Å². The first-order valence-corrected chi connectivity index (χ1v) is 11.1. The largest absolute Gasteiger partial charge is 0.492 e. The molecule has 0 aliphatic carbocycles. The number of halogens is 1. The molecule has 0 amide bonds. The number of sulfone groups is 1. The summed E-state index contributed by atoms with van der Waals surface area (Å²) in [4.78, 5) is 0.175. The van der Waals surface area contributed by atoms with Crippen molar-refractivity contribution in [3.05, 3.63) is 78.6 Å². The van der Waals surface area contributed by atoms with Crippen LogP contribution in [-0.2, 0) is 9.84 Å². The summed E-state index contributed by atoms with van der Waals surface area (Å²) in [6.45, 7) is 2.48. The van der Waals surface area contributed by atoms with E-state index in [4.69, 9.17) is 4.74 Å². The van der Waals surface area contributed by atoms with E-state index in [1.54, 1.807) is 6.07 Å². The molecule has 148 valence electrons. The van der Waals surface area contributed by atoms with Crippen LogP contribution in [0.25, 0.3) is 21.5 Å². The molecule has 4 aromatic carbocycles. The van der Waals surface area contributed by atoms with Crippen LogP contribution in [0.1, 0.15) is 19.8 Å². The molecule has 0 spiro atoms. The second-order valence-electron chi connectivity index (χ2n) is 6.91. The maximum absolute atomic E-state index is 13.7. The van der Waals surface area contributed by atoms with Gasteiger partial charge in [-0.25, -0.2) is 12.8 Å². The van der Waals surface area contributed by atoms with Gasteiger partial charge in [0.1, 0.15) is 16.5 Å². The van der Waals surface area contributed by atoms with Gasteiger partial charge in [-0.05, 0) is 41.5 Å². The fourth-order valence-corrected chi connectivity index (χ4v) is 5.15. The van der Waals surface area contributed by atoms with Gasteiger partial charge in [0, 0.05) is 10.8 Å². The van der Waals surface area contributed by atoms with E-state index in [2.05, 4.69) is 6.92 Å². The minimum atomic E-state index is -3.93. The van der Waals surface area contributed by atoms with Crippen molar-refractivity contribution >= 4 is 31.4 Å². The van der Waals surface area contributed by atoms with Crippen LogP contribution in [-0.4, -0.2) is 15.0 Å². The van der Waals surface area contributed by atoms with Crippen LogP contribution in [0, 0.1) is 5.82 Å². The molecule has 0 N–H and O–H groups in total. The summed E-state index contributed by atoms with van der Waals surface area (Å²) >= 11 is 0. The molecule has 0 saturated carbocycles. The number of benzene rings is 4. The van der Waals surface area contributed by atoms with Gasteiger partial charge in [0.25, 0.3) is 0 Å². The third-order valence-electron chi connectivity index (χ3n) is 4.98. The molecular formula is C24H21FO3S. The first-order valence-electron chi connectivity index (χ1n) is 9.61. The van der Waals surface area contributed by atoms with E-state index in [0.29, 0.717) is 17.7 Å². The summed E-state index contributed by atoms with van der Waals surface area (Å²) in [5.41, 5.74) is 0. The van der Waals surface area contributed by atoms with E-state index in [9.17, 15) is 12.8 Å². The zero-order valence-corrected chi connectivity index (χ0v) is 16.9. The van der Waals surface area contributed by atoms with Crippen LogP contribution in [0.2, 0.25) is 0 Å². The van der Waals surface area contributed by atoms with Crippen molar-refractivity contribution in [1.29, 1.82) is 0 Å². The van der Waals surface area contributed by atoms with E-state index < -0.39 is 15.7 Å². The van der Waals surface area contributed by atoms with Gasteiger partial charge in [-0.2, -0.15) is 0 Å². The SMILES string of the molecule is CCCCOc1c(S(=O)(=O)c2ccc(F)cc2)c2ccccc2c2ccccc12. The van der Waals surface area contributed by atoms with Crippen molar-refractivity contribution in [2.24, 2.45) is 0 Å². The van der Waals surface area contributed by atoms with Gasteiger partial charge in [0.15, 0.2) is 0 Å². The monoisotopic (exact) mass is 408 g/mol. The molecule has 29 heavy (non-hydrogen) atoms. The van der Waals surface area contributed by atoms with Gasteiger partial charge >= 0.3 is 0 Å². The maximum Gasteiger partial charge on any atom is 0.210 e. The standard InChI is InChI=1S/C24H21FO3S/c1-2-3-16-28-23-21-10-6-4-8-19(21)20-9-5-7-11-22(20)24(23)29(26,27)18-14-12-17(25)13-15-18/h4-15H,2-3,16H2,1H3. The van der Waals surface area contributed by atoms with Gasteiger partial charge < -0.3 is 4.74 Å². The zero-order chi connectivity index (χ0) is 20.4. The van der Waals surface area contributed by atoms with Gasteiger partial charge in [0.2, 0.25) is 9.84 Å². The zero-order valence-electron chi connectivity index (χ0n) is 16.1. The molecule has 0 unspecified atom stereocenters. The third-order valence-corrected chi connectivity index (χ3v) is 6.81. The second-order valence-corrected chi connectivity index (χ2v) is 8.80. The first kappa shape index (κ1) is 19.4. The first-order chi connectivity index (χ1) is 14.0. The van der Waals surface area contributed by atoms with Gasteiger partial charge in [-0.15, -0.1) is 0 Å². The van der Waals surface area contributed by atoms with Crippen LogP contribution < -0.4 is 4.74 Å². The molecule has 0 fully saturated rings. The fourth-order valence-electron chi connectivity index (χ4n) is 3.54. The van der Waals surface area contributed by atoms with E-state index >= 15 is 0 Å². The van der Waals surface area contributed by atoms with Gasteiger partial charge in [-0.1, -0.05) is 61.9 Å².